The van der Waals surface area contributed by atoms with Crippen LogP contribution in [0.25, 0.3) is 17.2 Å². The van der Waals surface area contributed by atoms with Crippen molar-refractivity contribution in [3.63, 3.8) is 0 Å². The SMILES string of the molecule is CCN1C(=O)CC(C)(C)c2cc(C)c(-c3cc(/C=C(\C)C(=O)O)ccc3OCC(F)(F)F)cc21. The fraction of sp³-hybridized carbons (Fsp3) is 0.385. The van der Waals surface area contributed by atoms with Gasteiger partial charge < -0.3 is 14.7 Å². The summed E-state index contributed by atoms with van der Waals surface area (Å²) in [4.78, 5) is 25.7. The summed E-state index contributed by atoms with van der Waals surface area (Å²) in [7, 11) is 0. The maximum absolute atomic E-state index is 12.9. The van der Waals surface area contributed by atoms with Crippen molar-refractivity contribution in [1.82, 2.24) is 0 Å². The van der Waals surface area contributed by atoms with Gasteiger partial charge in [-0.1, -0.05) is 26.0 Å². The van der Waals surface area contributed by atoms with Crippen molar-refractivity contribution in [1.29, 1.82) is 0 Å². The highest BCUT2D eigenvalue weighted by Gasteiger charge is 2.37. The fourth-order valence-electron chi connectivity index (χ4n) is 4.25. The number of halogens is 3. The highest BCUT2D eigenvalue weighted by atomic mass is 19.4. The predicted octanol–water partition coefficient (Wildman–Crippen LogP) is 6.13. The summed E-state index contributed by atoms with van der Waals surface area (Å²) < 4.78 is 43.8. The van der Waals surface area contributed by atoms with E-state index in [0.717, 1.165) is 11.1 Å². The predicted molar refractivity (Wildman–Crippen MR) is 125 cm³/mol. The molecule has 0 saturated heterocycles. The van der Waals surface area contributed by atoms with Gasteiger partial charge in [-0.3, -0.25) is 4.79 Å². The molecule has 0 unspecified atom stereocenters. The lowest BCUT2D eigenvalue weighted by Crippen LogP contribution is -2.41. The molecule has 1 aliphatic heterocycles. The van der Waals surface area contributed by atoms with E-state index in [2.05, 4.69) is 0 Å². The van der Waals surface area contributed by atoms with Gasteiger partial charge in [0.05, 0.1) is 0 Å². The molecule has 34 heavy (non-hydrogen) atoms. The molecule has 3 rings (SSSR count). The molecule has 5 nitrogen and oxygen atoms in total. The van der Waals surface area contributed by atoms with Crippen LogP contribution in [0.1, 0.15) is 50.8 Å². The van der Waals surface area contributed by atoms with Gasteiger partial charge in [0.1, 0.15) is 5.75 Å². The first-order valence-corrected chi connectivity index (χ1v) is 10.9. The molecule has 0 bridgehead atoms. The summed E-state index contributed by atoms with van der Waals surface area (Å²) in [6, 6.07) is 8.32. The number of aryl methyl sites for hydroxylation is 1. The van der Waals surface area contributed by atoms with E-state index in [-0.39, 0.29) is 22.6 Å². The molecule has 0 aliphatic carbocycles. The molecule has 0 fully saturated rings. The van der Waals surface area contributed by atoms with Crippen molar-refractivity contribution in [2.45, 2.75) is 52.6 Å². The van der Waals surface area contributed by atoms with E-state index in [4.69, 9.17) is 4.74 Å². The van der Waals surface area contributed by atoms with Crippen LogP contribution in [0, 0.1) is 6.92 Å². The second-order valence-electron chi connectivity index (χ2n) is 9.17. The van der Waals surface area contributed by atoms with Crippen molar-refractivity contribution in [3.8, 4) is 16.9 Å². The van der Waals surface area contributed by atoms with Gasteiger partial charge >= 0.3 is 12.1 Å². The van der Waals surface area contributed by atoms with Crippen LogP contribution in [-0.4, -0.2) is 36.3 Å². The van der Waals surface area contributed by atoms with Crippen molar-refractivity contribution < 1.29 is 32.6 Å². The number of carbonyl (C=O) groups excluding carboxylic acids is 1. The van der Waals surface area contributed by atoms with Crippen molar-refractivity contribution in [2.75, 3.05) is 18.1 Å². The number of rotatable bonds is 6. The fourth-order valence-corrected chi connectivity index (χ4v) is 4.25. The Labute approximate surface area is 196 Å². The third-order valence-corrected chi connectivity index (χ3v) is 5.98. The Morgan fingerprint density at radius 3 is 2.47 bits per heavy atom. The number of anilines is 1. The number of alkyl halides is 3. The molecular formula is C26H28F3NO4. The number of carboxylic acids is 1. The van der Waals surface area contributed by atoms with Crippen LogP contribution in [0.15, 0.2) is 35.9 Å². The number of aliphatic carboxylic acids is 1. The molecule has 8 heteroatoms. The summed E-state index contributed by atoms with van der Waals surface area (Å²) in [5, 5.41) is 9.21. The van der Waals surface area contributed by atoms with Crippen molar-refractivity contribution in [2.24, 2.45) is 0 Å². The number of fused-ring (bicyclic) bond motifs is 1. The van der Waals surface area contributed by atoms with Crippen molar-refractivity contribution in [3.05, 3.63) is 52.6 Å². The number of benzene rings is 2. The molecule has 1 N–H and O–H groups in total. The molecule has 1 aliphatic rings. The van der Waals surface area contributed by atoms with E-state index in [1.807, 2.05) is 39.8 Å². The summed E-state index contributed by atoms with van der Waals surface area (Å²) in [5.41, 5.74) is 3.73. The first-order valence-electron chi connectivity index (χ1n) is 10.9. The van der Waals surface area contributed by atoms with Crippen LogP contribution >= 0.6 is 0 Å². The maximum Gasteiger partial charge on any atom is 0.422 e. The summed E-state index contributed by atoms with van der Waals surface area (Å²) in [6.07, 6.45) is -2.71. The summed E-state index contributed by atoms with van der Waals surface area (Å²) >= 11 is 0. The minimum atomic E-state index is -4.52. The lowest BCUT2D eigenvalue weighted by molar-refractivity contribution is -0.153. The molecule has 182 valence electrons. The zero-order valence-electron chi connectivity index (χ0n) is 19.8. The third kappa shape index (κ3) is 5.26. The van der Waals surface area contributed by atoms with Gasteiger partial charge in [0.25, 0.3) is 0 Å². The van der Waals surface area contributed by atoms with Gasteiger partial charge in [-0.05, 0) is 67.3 Å². The molecule has 1 amide bonds. The largest absolute Gasteiger partial charge is 0.483 e. The van der Waals surface area contributed by atoms with Crippen LogP contribution < -0.4 is 9.64 Å². The third-order valence-electron chi connectivity index (χ3n) is 5.98. The Bertz CT molecular complexity index is 1170. The molecular weight excluding hydrogens is 447 g/mol. The van der Waals surface area contributed by atoms with Crippen molar-refractivity contribution >= 4 is 23.6 Å². The number of hydrogen-bond acceptors (Lipinski definition) is 3. The van der Waals surface area contributed by atoms with E-state index in [1.54, 1.807) is 11.0 Å². The minimum absolute atomic E-state index is 0.0166. The van der Waals surface area contributed by atoms with Gasteiger partial charge in [-0.25, -0.2) is 4.79 Å². The number of carboxylic acid groups (broad SMARTS) is 1. The number of nitrogens with zero attached hydrogens (tertiary/aromatic N) is 1. The Hall–Kier alpha value is -3.29. The van der Waals surface area contributed by atoms with E-state index in [9.17, 15) is 27.9 Å². The molecule has 0 saturated carbocycles. The number of ether oxygens (including phenoxy) is 1. The van der Waals surface area contributed by atoms with E-state index >= 15 is 0 Å². The van der Waals surface area contributed by atoms with Gasteiger partial charge in [0.2, 0.25) is 5.91 Å². The number of amides is 1. The Morgan fingerprint density at radius 1 is 1.21 bits per heavy atom. The maximum atomic E-state index is 12.9. The Morgan fingerprint density at radius 2 is 1.88 bits per heavy atom. The molecule has 0 spiro atoms. The van der Waals surface area contributed by atoms with Crippen LogP contribution in [0.2, 0.25) is 0 Å². The minimum Gasteiger partial charge on any atom is -0.483 e. The first-order chi connectivity index (χ1) is 15.7. The average Bonchev–Trinajstić information content (AvgIpc) is 2.72. The lowest BCUT2D eigenvalue weighted by atomic mass is 9.75. The summed E-state index contributed by atoms with van der Waals surface area (Å²) in [5.74, 6) is -1.09. The van der Waals surface area contributed by atoms with Gasteiger partial charge in [0.15, 0.2) is 6.61 Å². The molecule has 1 heterocycles. The average molecular weight is 476 g/mol. The van der Waals surface area contributed by atoms with Gasteiger partial charge in [-0.15, -0.1) is 0 Å². The first kappa shape index (κ1) is 25.3. The van der Waals surface area contributed by atoms with Crippen LogP contribution in [0.5, 0.6) is 5.75 Å². The lowest BCUT2D eigenvalue weighted by Gasteiger charge is -2.39. The Kier molecular flexibility index (Phi) is 6.82. The Balaban J connectivity index is 2.23. The molecule has 0 radical (unpaired) electrons. The van der Waals surface area contributed by atoms with E-state index in [1.165, 1.54) is 25.1 Å². The highest BCUT2D eigenvalue weighted by Crippen LogP contribution is 2.45. The van der Waals surface area contributed by atoms with Gasteiger partial charge in [0, 0.05) is 35.2 Å². The zero-order valence-corrected chi connectivity index (χ0v) is 19.8. The van der Waals surface area contributed by atoms with E-state index in [0.29, 0.717) is 35.3 Å². The summed E-state index contributed by atoms with van der Waals surface area (Å²) in [6.45, 7) is 8.16. The van der Waals surface area contributed by atoms with Gasteiger partial charge in [-0.2, -0.15) is 13.2 Å². The number of carbonyl (C=O) groups is 2. The van der Waals surface area contributed by atoms with Crippen LogP contribution in [-0.2, 0) is 15.0 Å². The topological polar surface area (TPSA) is 66.8 Å². The zero-order chi connectivity index (χ0) is 25.4. The smallest absolute Gasteiger partial charge is 0.422 e. The second-order valence-corrected chi connectivity index (χ2v) is 9.17. The highest BCUT2D eigenvalue weighted by molar-refractivity contribution is 5.99. The number of hydrogen-bond donors (Lipinski definition) is 1. The monoisotopic (exact) mass is 475 g/mol. The van der Waals surface area contributed by atoms with E-state index < -0.39 is 18.8 Å². The normalized spacial score (nSPS) is 15.8. The second kappa shape index (κ2) is 9.16. The standard InChI is InChI=1S/C26H28F3NO4/c1-6-30-21-12-18(15(2)10-20(21)25(4,5)13-23(30)31)19-11-17(9-16(3)24(32)33)7-8-22(19)34-14-26(27,28)29/h7-12H,6,13-14H2,1-5H3,(H,32,33)/b16-9+. The molecule has 0 aromatic heterocycles. The molecule has 2 aromatic carbocycles. The molecule has 2 aromatic rings. The van der Waals surface area contributed by atoms with Crippen LogP contribution in [0.4, 0.5) is 18.9 Å². The quantitative estimate of drug-likeness (QED) is 0.511. The van der Waals surface area contributed by atoms with Crippen LogP contribution in [0.3, 0.4) is 0 Å². The molecule has 0 atom stereocenters.